The minimum Gasteiger partial charge on any atom is -0.392 e. The van der Waals surface area contributed by atoms with E-state index >= 15 is 0 Å². The van der Waals surface area contributed by atoms with Crippen LogP contribution in [0.25, 0.3) is 0 Å². The predicted octanol–water partition coefficient (Wildman–Crippen LogP) is 0.891. The van der Waals surface area contributed by atoms with Crippen LogP contribution in [0.3, 0.4) is 0 Å². The third-order valence-electron chi connectivity index (χ3n) is 2.05. The highest BCUT2D eigenvalue weighted by Crippen LogP contribution is 2.10. The molecule has 0 saturated carbocycles. The normalized spacial score (nSPS) is 13.2. The van der Waals surface area contributed by atoms with Gasteiger partial charge < -0.3 is 9.84 Å². The molecular weight excluding hydrogens is 168 g/mol. The van der Waals surface area contributed by atoms with Gasteiger partial charge in [0.15, 0.2) is 0 Å². The van der Waals surface area contributed by atoms with E-state index in [0.29, 0.717) is 6.61 Å². The Hall–Kier alpha value is -0.870. The number of hydrogen-bond acceptors (Lipinski definition) is 3. The van der Waals surface area contributed by atoms with Crippen molar-refractivity contribution in [3.8, 4) is 0 Å². The monoisotopic (exact) mass is 184 g/mol. The molecule has 4 heteroatoms. The lowest BCUT2D eigenvalue weighted by Crippen LogP contribution is -2.11. The van der Waals surface area contributed by atoms with Gasteiger partial charge >= 0.3 is 0 Å². The highest BCUT2D eigenvalue weighted by molar-refractivity contribution is 5.14. The summed E-state index contributed by atoms with van der Waals surface area (Å²) < 4.78 is 6.84. The number of aliphatic hydroxyl groups excluding tert-OH is 1. The smallest absolute Gasteiger partial charge is 0.0724 e. The number of ether oxygens (including phenoxy) is 1. The maximum absolute atomic E-state index is 8.96. The molecule has 1 rings (SSSR count). The first kappa shape index (κ1) is 10.2. The van der Waals surface area contributed by atoms with Crippen LogP contribution in [-0.2, 0) is 11.3 Å². The molecular formula is C9H16N2O2. The fraction of sp³-hybridized carbons (Fsp3) is 0.667. The molecule has 1 aromatic heterocycles. The van der Waals surface area contributed by atoms with Gasteiger partial charge in [0.05, 0.1) is 24.9 Å². The first-order valence-electron chi connectivity index (χ1n) is 4.33. The number of rotatable bonds is 4. The molecule has 0 aliphatic carbocycles. The summed E-state index contributed by atoms with van der Waals surface area (Å²) >= 11 is 0. The van der Waals surface area contributed by atoms with Gasteiger partial charge in [-0.2, -0.15) is 5.10 Å². The number of nitrogens with zero attached hydrogens (tertiary/aromatic N) is 2. The van der Waals surface area contributed by atoms with Gasteiger partial charge in [0.1, 0.15) is 0 Å². The van der Waals surface area contributed by atoms with Crippen LogP contribution in [0.1, 0.15) is 24.2 Å². The van der Waals surface area contributed by atoms with E-state index in [9.17, 15) is 0 Å². The molecule has 0 aliphatic rings. The molecule has 0 fully saturated rings. The van der Waals surface area contributed by atoms with Crippen LogP contribution >= 0.6 is 0 Å². The second-order valence-electron chi connectivity index (χ2n) is 3.18. The molecule has 0 aromatic carbocycles. The summed E-state index contributed by atoms with van der Waals surface area (Å²) in [5.41, 5.74) is 1.76. The van der Waals surface area contributed by atoms with E-state index < -0.39 is 0 Å². The summed E-state index contributed by atoms with van der Waals surface area (Å²) in [7, 11) is 1.67. The van der Waals surface area contributed by atoms with Crippen molar-refractivity contribution in [3.63, 3.8) is 0 Å². The number of methoxy groups -OCH3 is 1. The quantitative estimate of drug-likeness (QED) is 0.756. The van der Waals surface area contributed by atoms with Crippen molar-refractivity contribution in [3.05, 3.63) is 17.5 Å². The van der Waals surface area contributed by atoms with Gasteiger partial charge in [-0.25, -0.2) is 0 Å². The number of aryl methyl sites for hydroxylation is 1. The van der Waals surface area contributed by atoms with E-state index in [4.69, 9.17) is 9.84 Å². The minimum atomic E-state index is 0.0472. The summed E-state index contributed by atoms with van der Waals surface area (Å²) in [4.78, 5) is 0. The van der Waals surface area contributed by atoms with Crippen molar-refractivity contribution in [1.82, 2.24) is 9.78 Å². The highest BCUT2D eigenvalue weighted by atomic mass is 16.5. The van der Waals surface area contributed by atoms with Gasteiger partial charge in [-0.3, -0.25) is 4.68 Å². The molecule has 4 nitrogen and oxygen atoms in total. The molecule has 1 aromatic rings. The van der Waals surface area contributed by atoms with Crippen LogP contribution in [0.15, 0.2) is 6.20 Å². The number of aliphatic hydroxyl groups is 1. The maximum Gasteiger partial charge on any atom is 0.0724 e. The summed E-state index contributed by atoms with van der Waals surface area (Å²) in [6.07, 6.45) is 1.86. The zero-order valence-corrected chi connectivity index (χ0v) is 8.32. The van der Waals surface area contributed by atoms with Crippen LogP contribution < -0.4 is 0 Å². The Morgan fingerprint density at radius 2 is 2.38 bits per heavy atom. The average molecular weight is 184 g/mol. The first-order valence-corrected chi connectivity index (χ1v) is 4.33. The van der Waals surface area contributed by atoms with Crippen LogP contribution in [0.4, 0.5) is 0 Å². The Bertz CT molecular complexity index is 271. The van der Waals surface area contributed by atoms with Crippen LogP contribution in [0, 0.1) is 6.92 Å². The minimum absolute atomic E-state index is 0.0472. The topological polar surface area (TPSA) is 47.3 Å². The standard InChI is InChI=1S/C9H16N2O2/c1-7(6-13-3)11-4-9(5-12)8(2)10-11/h4,7,12H,5-6H2,1-3H3. The Balaban J connectivity index is 2.77. The lowest BCUT2D eigenvalue weighted by Gasteiger charge is -2.09. The lowest BCUT2D eigenvalue weighted by molar-refractivity contribution is 0.156. The summed E-state index contributed by atoms with van der Waals surface area (Å²) in [6.45, 7) is 4.59. The van der Waals surface area contributed by atoms with Gasteiger partial charge in [-0.05, 0) is 13.8 Å². The van der Waals surface area contributed by atoms with E-state index in [0.717, 1.165) is 11.3 Å². The van der Waals surface area contributed by atoms with Crippen LogP contribution in [0.2, 0.25) is 0 Å². The van der Waals surface area contributed by atoms with Crippen LogP contribution in [-0.4, -0.2) is 28.6 Å². The maximum atomic E-state index is 8.96. The number of hydrogen-bond donors (Lipinski definition) is 1. The van der Waals surface area contributed by atoms with E-state index in [-0.39, 0.29) is 12.6 Å². The fourth-order valence-corrected chi connectivity index (χ4v) is 1.22. The van der Waals surface area contributed by atoms with Crippen molar-refractivity contribution in [1.29, 1.82) is 0 Å². The third-order valence-corrected chi connectivity index (χ3v) is 2.05. The molecule has 1 N–H and O–H groups in total. The van der Waals surface area contributed by atoms with Crippen molar-refractivity contribution in [2.45, 2.75) is 26.5 Å². The Kier molecular flexibility index (Phi) is 3.45. The van der Waals surface area contributed by atoms with Crippen molar-refractivity contribution in [2.24, 2.45) is 0 Å². The SMILES string of the molecule is COCC(C)n1cc(CO)c(C)n1. The molecule has 74 valence electrons. The molecule has 1 unspecified atom stereocenters. The van der Waals surface area contributed by atoms with Gasteiger partial charge in [-0.15, -0.1) is 0 Å². The molecule has 0 spiro atoms. The van der Waals surface area contributed by atoms with Crippen molar-refractivity contribution in [2.75, 3.05) is 13.7 Å². The zero-order chi connectivity index (χ0) is 9.84. The molecule has 0 amide bonds. The second-order valence-corrected chi connectivity index (χ2v) is 3.18. The van der Waals surface area contributed by atoms with Gasteiger partial charge in [-0.1, -0.05) is 0 Å². The zero-order valence-electron chi connectivity index (χ0n) is 8.32. The average Bonchev–Trinajstić information content (AvgIpc) is 2.47. The predicted molar refractivity (Wildman–Crippen MR) is 49.5 cm³/mol. The highest BCUT2D eigenvalue weighted by Gasteiger charge is 2.08. The molecule has 0 bridgehead atoms. The number of aromatic nitrogens is 2. The summed E-state index contributed by atoms with van der Waals surface area (Å²) in [5, 5.41) is 13.2. The third kappa shape index (κ3) is 2.29. The molecule has 1 atom stereocenters. The van der Waals surface area contributed by atoms with E-state index in [1.165, 1.54) is 0 Å². The summed E-state index contributed by atoms with van der Waals surface area (Å²) in [5.74, 6) is 0. The molecule has 1 heterocycles. The van der Waals surface area contributed by atoms with Gasteiger partial charge in [0, 0.05) is 18.9 Å². The first-order chi connectivity index (χ1) is 6.19. The summed E-state index contributed by atoms with van der Waals surface area (Å²) in [6, 6.07) is 0.212. The second kappa shape index (κ2) is 4.39. The Morgan fingerprint density at radius 1 is 1.69 bits per heavy atom. The van der Waals surface area contributed by atoms with Crippen LogP contribution in [0.5, 0.6) is 0 Å². The molecule has 0 saturated heterocycles. The Labute approximate surface area is 78.1 Å². The fourth-order valence-electron chi connectivity index (χ4n) is 1.22. The van der Waals surface area contributed by atoms with E-state index in [1.54, 1.807) is 7.11 Å². The van der Waals surface area contributed by atoms with Crippen molar-refractivity contribution >= 4 is 0 Å². The molecule has 0 aliphatic heterocycles. The van der Waals surface area contributed by atoms with Crippen molar-refractivity contribution < 1.29 is 9.84 Å². The van der Waals surface area contributed by atoms with Gasteiger partial charge in [0.25, 0.3) is 0 Å². The molecule has 0 radical (unpaired) electrons. The largest absolute Gasteiger partial charge is 0.392 e. The molecule has 13 heavy (non-hydrogen) atoms. The van der Waals surface area contributed by atoms with E-state index in [1.807, 2.05) is 24.7 Å². The van der Waals surface area contributed by atoms with Gasteiger partial charge in [0.2, 0.25) is 0 Å². The Morgan fingerprint density at radius 3 is 2.85 bits per heavy atom. The lowest BCUT2D eigenvalue weighted by atomic mass is 10.3. The van der Waals surface area contributed by atoms with E-state index in [2.05, 4.69) is 5.10 Å².